The minimum atomic E-state index is 0.0956. The Morgan fingerprint density at radius 1 is 1.39 bits per heavy atom. The Hall–Kier alpha value is -2.37. The van der Waals surface area contributed by atoms with Crippen molar-refractivity contribution in [1.82, 2.24) is 19.7 Å². The second-order valence-electron chi connectivity index (χ2n) is 5.73. The molecule has 1 heterocycles. The van der Waals surface area contributed by atoms with E-state index in [0.29, 0.717) is 12.8 Å². The average molecular weight is 316 g/mol. The summed E-state index contributed by atoms with van der Waals surface area (Å²) in [6.07, 6.45) is 3.43. The van der Waals surface area contributed by atoms with Gasteiger partial charge in [0, 0.05) is 33.0 Å². The fraction of sp³-hybridized carbons (Fsp3) is 0.471. The van der Waals surface area contributed by atoms with Crippen molar-refractivity contribution in [3.63, 3.8) is 0 Å². The van der Waals surface area contributed by atoms with Crippen LogP contribution in [-0.4, -0.2) is 45.8 Å². The number of hydrogen-bond acceptors (Lipinski definition) is 4. The zero-order valence-corrected chi connectivity index (χ0v) is 14.2. The van der Waals surface area contributed by atoms with E-state index in [4.69, 9.17) is 4.74 Å². The molecule has 0 spiro atoms. The molecule has 2 rings (SSSR count). The number of aromatic nitrogens is 3. The molecule has 0 aliphatic heterocycles. The Labute approximate surface area is 137 Å². The van der Waals surface area contributed by atoms with Crippen LogP contribution in [0, 0.1) is 0 Å². The number of amides is 1. The Bertz CT molecular complexity index is 654. The number of carbonyl (C=O) groups excluding carboxylic acids is 1. The second-order valence-corrected chi connectivity index (χ2v) is 5.73. The molecule has 1 aromatic carbocycles. The summed E-state index contributed by atoms with van der Waals surface area (Å²) in [5.41, 5.74) is 1.11. The number of para-hydroxylation sites is 1. The summed E-state index contributed by atoms with van der Waals surface area (Å²) in [5, 5.41) is 7.84. The summed E-state index contributed by atoms with van der Waals surface area (Å²) < 4.78 is 7.21. The van der Waals surface area contributed by atoms with Gasteiger partial charge in [-0.25, -0.2) is 0 Å². The van der Waals surface area contributed by atoms with Crippen LogP contribution in [0.1, 0.15) is 24.7 Å². The zero-order chi connectivity index (χ0) is 16.8. The van der Waals surface area contributed by atoms with Crippen molar-refractivity contribution in [2.24, 2.45) is 7.05 Å². The Balaban J connectivity index is 1.92. The van der Waals surface area contributed by atoms with E-state index in [1.54, 1.807) is 18.3 Å². The number of hydrogen-bond donors (Lipinski definition) is 0. The molecule has 1 atom stereocenters. The van der Waals surface area contributed by atoms with Gasteiger partial charge in [-0.05, 0) is 25.0 Å². The lowest BCUT2D eigenvalue weighted by atomic mass is 10.0. The Morgan fingerprint density at radius 2 is 2.13 bits per heavy atom. The van der Waals surface area contributed by atoms with Crippen LogP contribution in [0.25, 0.3) is 0 Å². The first-order chi connectivity index (χ1) is 11.0. The summed E-state index contributed by atoms with van der Waals surface area (Å²) in [6, 6.07) is 8.01. The highest BCUT2D eigenvalue weighted by molar-refractivity contribution is 5.76. The van der Waals surface area contributed by atoms with Crippen molar-refractivity contribution >= 4 is 5.91 Å². The van der Waals surface area contributed by atoms with Gasteiger partial charge < -0.3 is 14.2 Å². The van der Waals surface area contributed by atoms with E-state index < -0.39 is 0 Å². The van der Waals surface area contributed by atoms with Crippen LogP contribution < -0.4 is 4.74 Å². The quantitative estimate of drug-likeness (QED) is 0.782. The maximum Gasteiger partial charge on any atom is 0.223 e. The number of benzene rings is 1. The molecule has 2 aromatic rings. The molecule has 0 saturated heterocycles. The average Bonchev–Trinajstić information content (AvgIpc) is 2.97. The van der Waals surface area contributed by atoms with Crippen molar-refractivity contribution in [3.05, 3.63) is 42.0 Å². The van der Waals surface area contributed by atoms with Crippen LogP contribution in [0.2, 0.25) is 0 Å². The third-order valence-corrected chi connectivity index (χ3v) is 4.13. The lowest BCUT2D eigenvalue weighted by Gasteiger charge is -2.25. The SMILES string of the molecule is COc1ccccc1CC(C)N(C)C(=O)CCc1nncn1C. The van der Waals surface area contributed by atoms with Crippen molar-refractivity contribution in [3.8, 4) is 5.75 Å². The highest BCUT2D eigenvalue weighted by atomic mass is 16.5. The minimum absolute atomic E-state index is 0.0956. The molecular weight excluding hydrogens is 292 g/mol. The molecule has 0 aliphatic rings. The Morgan fingerprint density at radius 3 is 2.78 bits per heavy atom. The summed E-state index contributed by atoms with van der Waals surface area (Å²) in [7, 11) is 5.40. The first-order valence-electron chi connectivity index (χ1n) is 7.73. The molecule has 1 unspecified atom stereocenters. The van der Waals surface area contributed by atoms with E-state index in [-0.39, 0.29) is 11.9 Å². The highest BCUT2D eigenvalue weighted by Gasteiger charge is 2.18. The van der Waals surface area contributed by atoms with Crippen molar-refractivity contribution in [1.29, 1.82) is 0 Å². The number of rotatable bonds is 7. The van der Waals surface area contributed by atoms with E-state index in [1.807, 2.05) is 49.9 Å². The molecule has 6 nitrogen and oxygen atoms in total. The lowest BCUT2D eigenvalue weighted by molar-refractivity contribution is -0.131. The monoisotopic (exact) mass is 316 g/mol. The lowest BCUT2D eigenvalue weighted by Crippen LogP contribution is -2.36. The van der Waals surface area contributed by atoms with Gasteiger partial charge in [-0.3, -0.25) is 4.79 Å². The number of likely N-dealkylation sites (N-methyl/N-ethyl adjacent to an activating group) is 1. The molecule has 23 heavy (non-hydrogen) atoms. The molecule has 0 N–H and O–H groups in total. The second kappa shape index (κ2) is 7.76. The van der Waals surface area contributed by atoms with Gasteiger partial charge in [-0.1, -0.05) is 18.2 Å². The molecule has 0 aliphatic carbocycles. The standard InChI is InChI=1S/C17H24N4O2/c1-13(11-14-7-5-6-8-15(14)23-4)21(3)17(22)10-9-16-19-18-12-20(16)2/h5-8,12-13H,9-11H2,1-4H3. The Kier molecular flexibility index (Phi) is 5.73. The van der Waals surface area contributed by atoms with Crippen molar-refractivity contribution < 1.29 is 9.53 Å². The summed E-state index contributed by atoms with van der Waals surface area (Å²) in [6.45, 7) is 2.05. The predicted molar refractivity (Wildman–Crippen MR) is 88.3 cm³/mol. The summed E-state index contributed by atoms with van der Waals surface area (Å²) >= 11 is 0. The molecule has 6 heteroatoms. The molecule has 124 valence electrons. The van der Waals surface area contributed by atoms with Gasteiger partial charge in [0.05, 0.1) is 7.11 Å². The molecule has 1 amide bonds. The first kappa shape index (κ1) is 17.0. The number of ether oxygens (including phenoxy) is 1. The normalized spacial score (nSPS) is 12.0. The molecule has 1 aromatic heterocycles. The van der Waals surface area contributed by atoms with Gasteiger partial charge in [0.15, 0.2) is 0 Å². The topological polar surface area (TPSA) is 60.2 Å². The third-order valence-electron chi connectivity index (χ3n) is 4.13. The van der Waals surface area contributed by atoms with Crippen LogP contribution in [-0.2, 0) is 24.7 Å². The smallest absolute Gasteiger partial charge is 0.223 e. The third kappa shape index (κ3) is 4.31. The van der Waals surface area contributed by atoms with E-state index in [0.717, 1.165) is 23.6 Å². The molecule has 0 bridgehead atoms. The fourth-order valence-electron chi connectivity index (χ4n) is 2.50. The van der Waals surface area contributed by atoms with E-state index in [2.05, 4.69) is 10.2 Å². The molecule has 0 saturated carbocycles. The van der Waals surface area contributed by atoms with Crippen LogP contribution in [0.3, 0.4) is 0 Å². The van der Waals surface area contributed by atoms with Gasteiger partial charge in [-0.15, -0.1) is 10.2 Å². The van der Waals surface area contributed by atoms with Gasteiger partial charge in [0.1, 0.15) is 17.9 Å². The van der Waals surface area contributed by atoms with Crippen molar-refractivity contribution in [2.75, 3.05) is 14.2 Å². The number of carbonyl (C=O) groups is 1. The zero-order valence-electron chi connectivity index (χ0n) is 14.2. The molecule has 0 fully saturated rings. The summed E-state index contributed by atoms with van der Waals surface area (Å²) in [5.74, 6) is 1.79. The predicted octanol–water partition coefficient (Wildman–Crippen LogP) is 1.85. The van der Waals surface area contributed by atoms with Gasteiger partial charge in [0.25, 0.3) is 0 Å². The number of nitrogens with zero attached hydrogens (tertiary/aromatic N) is 4. The first-order valence-corrected chi connectivity index (χ1v) is 7.73. The van der Waals surface area contributed by atoms with Crippen LogP contribution in [0.15, 0.2) is 30.6 Å². The van der Waals surface area contributed by atoms with Crippen LogP contribution >= 0.6 is 0 Å². The molecule has 0 radical (unpaired) electrons. The van der Waals surface area contributed by atoms with Gasteiger partial charge >= 0.3 is 0 Å². The van der Waals surface area contributed by atoms with Crippen LogP contribution in [0.4, 0.5) is 0 Å². The van der Waals surface area contributed by atoms with Crippen molar-refractivity contribution in [2.45, 2.75) is 32.2 Å². The maximum atomic E-state index is 12.4. The maximum absolute atomic E-state index is 12.4. The van der Waals surface area contributed by atoms with Crippen LogP contribution in [0.5, 0.6) is 5.75 Å². The minimum Gasteiger partial charge on any atom is -0.496 e. The van der Waals surface area contributed by atoms with E-state index in [9.17, 15) is 4.79 Å². The van der Waals surface area contributed by atoms with Gasteiger partial charge in [0.2, 0.25) is 5.91 Å². The van der Waals surface area contributed by atoms with E-state index in [1.165, 1.54) is 0 Å². The highest BCUT2D eigenvalue weighted by Crippen LogP contribution is 2.20. The number of aryl methyl sites for hydroxylation is 2. The summed E-state index contributed by atoms with van der Waals surface area (Å²) in [4.78, 5) is 14.2. The van der Waals surface area contributed by atoms with E-state index >= 15 is 0 Å². The largest absolute Gasteiger partial charge is 0.496 e. The molecular formula is C17H24N4O2. The number of methoxy groups -OCH3 is 1. The van der Waals surface area contributed by atoms with Gasteiger partial charge in [-0.2, -0.15) is 0 Å². The fourth-order valence-corrected chi connectivity index (χ4v) is 2.50.